The summed E-state index contributed by atoms with van der Waals surface area (Å²) in [7, 11) is 2.90. The molecule has 1 amide bonds. The molecule has 8 heteroatoms. The summed E-state index contributed by atoms with van der Waals surface area (Å²) in [5.41, 5.74) is -0.666. The molecule has 1 N–H and O–H groups in total. The molecule has 24 heavy (non-hydrogen) atoms. The zero-order valence-electron chi connectivity index (χ0n) is 14.4. The van der Waals surface area contributed by atoms with Gasteiger partial charge in [-0.3, -0.25) is 4.79 Å². The van der Waals surface area contributed by atoms with Crippen molar-refractivity contribution in [2.45, 2.75) is 20.3 Å². The van der Waals surface area contributed by atoms with E-state index in [1.54, 1.807) is 26.0 Å². The van der Waals surface area contributed by atoms with Gasteiger partial charge in [0.15, 0.2) is 0 Å². The number of nitrogens with one attached hydrogen (secondary N) is 1. The molecule has 6 nitrogen and oxygen atoms in total. The summed E-state index contributed by atoms with van der Waals surface area (Å²) in [5, 5.41) is 14.4. The van der Waals surface area contributed by atoms with Gasteiger partial charge in [-0.2, -0.15) is 0 Å². The molecule has 1 fully saturated rings. The predicted octanol–water partition coefficient (Wildman–Crippen LogP) is -1.29. The summed E-state index contributed by atoms with van der Waals surface area (Å²) in [4.78, 5) is 23.8. The SMILES string of the molecule is COc1cc(NC(=O)C2CC2(C(=O)[O-])C(C)C)cc(OC)c1Cl.[Na+]. The molecule has 0 aliphatic heterocycles. The van der Waals surface area contributed by atoms with E-state index in [9.17, 15) is 14.7 Å². The monoisotopic (exact) mass is 363 g/mol. The van der Waals surface area contributed by atoms with Crippen LogP contribution in [-0.2, 0) is 9.59 Å². The number of anilines is 1. The molecule has 126 valence electrons. The minimum absolute atomic E-state index is 0. The van der Waals surface area contributed by atoms with Crippen LogP contribution in [0.15, 0.2) is 12.1 Å². The topological polar surface area (TPSA) is 87.7 Å². The van der Waals surface area contributed by atoms with Crippen molar-refractivity contribution in [3.8, 4) is 11.5 Å². The number of hydrogen-bond donors (Lipinski definition) is 1. The fourth-order valence-electron chi connectivity index (χ4n) is 2.88. The Morgan fingerprint density at radius 2 is 1.79 bits per heavy atom. The van der Waals surface area contributed by atoms with Gasteiger partial charge in [-0.05, 0) is 12.3 Å². The van der Waals surface area contributed by atoms with E-state index in [2.05, 4.69) is 5.32 Å². The van der Waals surface area contributed by atoms with E-state index in [0.29, 0.717) is 22.2 Å². The number of carboxylic acids is 1. The van der Waals surface area contributed by atoms with Crippen molar-refractivity contribution in [3.63, 3.8) is 0 Å². The maximum absolute atomic E-state index is 12.4. The molecule has 1 saturated carbocycles. The van der Waals surface area contributed by atoms with Crippen LogP contribution in [0.4, 0.5) is 5.69 Å². The fourth-order valence-corrected chi connectivity index (χ4v) is 3.14. The van der Waals surface area contributed by atoms with Crippen LogP contribution in [0.5, 0.6) is 11.5 Å². The number of ether oxygens (including phenoxy) is 2. The summed E-state index contributed by atoms with van der Waals surface area (Å²) in [6, 6.07) is 3.11. The Hall–Kier alpha value is -0.950. The first-order valence-corrected chi connectivity index (χ1v) is 7.59. The minimum atomic E-state index is -1.18. The van der Waals surface area contributed by atoms with E-state index in [0.717, 1.165) is 0 Å². The van der Waals surface area contributed by atoms with E-state index >= 15 is 0 Å². The summed E-state index contributed by atoms with van der Waals surface area (Å²) >= 11 is 6.07. The first-order chi connectivity index (χ1) is 10.8. The van der Waals surface area contributed by atoms with Crippen LogP contribution in [0.2, 0.25) is 5.02 Å². The standard InChI is InChI=1S/C16H20ClNO5.Na/c1-8(2)16(15(20)21)7-10(16)14(19)18-9-5-11(22-3)13(17)12(6-9)23-4;/h5-6,8,10H,7H2,1-4H3,(H,18,19)(H,20,21);/q;+1/p-1. The van der Waals surface area contributed by atoms with Crippen LogP contribution in [0, 0.1) is 17.3 Å². The van der Waals surface area contributed by atoms with Crippen LogP contribution < -0.4 is 49.5 Å². The molecule has 1 aromatic carbocycles. The number of rotatable bonds is 6. The average Bonchev–Trinajstić information content (AvgIpc) is 3.26. The number of carbonyl (C=O) groups is 2. The minimum Gasteiger partial charge on any atom is -0.550 e. The van der Waals surface area contributed by atoms with E-state index in [1.165, 1.54) is 14.2 Å². The zero-order valence-corrected chi connectivity index (χ0v) is 17.2. The number of hydrogen-bond acceptors (Lipinski definition) is 5. The van der Waals surface area contributed by atoms with Crippen molar-refractivity contribution >= 4 is 29.2 Å². The second-order valence-electron chi connectivity index (χ2n) is 5.92. The van der Waals surface area contributed by atoms with Gasteiger partial charge in [0.2, 0.25) is 5.91 Å². The largest absolute Gasteiger partial charge is 1.00 e. The molecular formula is C16H19ClNNaO5. The van der Waals surface area contributed by atoms with Crippen molar-refractivity contribution < 1.29 is 53.7 Å². The summed E-state index contributed by atoms with van der Waals surface area (Å²) < 4.78 is 10.3. The third-order valence-corrected chi connectivity index (χ3v) is 4.82. The maximum atomic E-state index is 12.4. The van der Waals surface area contributed by atoms with E-state index in [-0.39, 0.29) is 47.8 Å². The number of aliphatic carboxylic acids is 1. The number of amides is 1. The van der Waals surface area contributed by atoms with E-state index in [4.69, 9.17) is 21.1 Å². The Kier molecular flexibility index (Phi) is 6.99. The molecule has 0 spiro atoms. The Balaban J connectivity index is 0.00000288. The van der Waals surface area contributed by atoms with Crippen molar-refractivity contribution in [2.75, 3.05) is 19.5 Å². The zero-order chi connectivity index (χ0) is 17.4. The predicted molar refractivity (Wildman–Crippen MR) is 83.6 cm³/mol. The average molecular weight is 364 g/mol. The first kappa shape index (κ1) is 21.1. The molecule has 1 aliphatic carbocycles. The Morgan fingerprint density at radius 1 is 1.29 bits per heavy atom. The Morgan fingerprint density at radius 3 is 2.12 bits per heavy atom. The normalized spacial score (nSPS) is 21.7. The Labute approximate surface area is 168 Å². The van der Waals surface area contributed by atoms with Gasteiger partial charge in [0.25, 0.3) is 0 Å². The third-order valence-electron chi connectivity index (χ3n) is 4.44. The van der Waals surface area contributed by atoms with Crippen LogP contribution >= 0.6 is 11.6 Å². The molecule has 0 aromatic heterocycles. The van der Waals surface area contributed by atoms with Gasteiger partial charge in [0.05, 0.1) is 20.1 Å². The first-order valence-electron chi connectivity index (χ1n) is 7.21. The van der Waals surface area contributed by atoms with Gasteiger partial charge in [-0.25, -0.2) is 0 Å². The van der Waals surface area contributed by atoms with E-state index < -0.39 is 17.3 Å². The maximum Gasteiger partial charge on any atom is 1.00 e. The molecule has 0 bridgehead atoms. The van der Waals surface area contributed by atoms with Gasteiger partial charge in [-0.15, -0.1) is 0 Å². The smallest absolute Gasteiger partial charge is 0.550 e. The quantitative estimate of drug-likeness (QED) is 0.636. The molecule has 2 unspecified atom stereocenters. The molecular weight excluding hydrogens is 345 g/mol. The fraction of sp³-hybridized carbons (Fsp3) is 0.500. The molecule has 2 rings (SSSR count). The van der Waals surface area contributed by atoms with Gasteiger partial charge < -0.3 is 24.7 Å². The van der Waals surface area contributed by atoms with Crippen molar-refractivity contribution in [3.05, 3.63) is 17.2 Å². The Bertz CT molecular complexity index is 626. The second kappa shape index (κ2) is 7.95. The van der Waals surface area contributed by atoms with Crippen molar-refractivity contribution in [1.29, 1.82) is 0 Å². The van der Waals surface area contributed by atoms with E-state index in [1.807, 2.05) is 0 Å². The number of benzene rings is 1. The third kappa shape index (κ3) is 3.67. The summed E-state index contributed by atoms with van der Waals surface area (Å²) in [5.74, 6) is -1.63. The molecule has 2 atom stereocenters. The molecule has 1 aromatic rings. The number of halogens is 1. The number of methoxy groups -OCH3 is 2. The van der Waals surface area contributed by atoms with Gasteiger partial charge >= 0.3 is 29.6 Å². The second-order valence-corrected chi connectivity index (χ2v) is 6.30. The van der Waals surface area contributed by atoms with Gasteiger partial charge in [0.1, 0.15) is 16.5 Å². The molecule has 0 radical (unpaired) electrons. The van der Waals surface area contributed by atoms with Crippen molar-refractivity contribution in [1.82, 2.24) is 0 Å². The van der Waals surface area contributed by atoms with Gasteiger partial charge in [-0.1, -0.05) is 25.4 Å². The number of carboxylic acid groups (broad SMARTS) is 1. The molecule has 0 heterocycles. The van der Waals surface area contributed by atoms with Crippen LogP contribution in [0.25, 0.3) is 0 Å². The van der Waals surface area contributed by atoms with Crippen LogP contribution in [-0.4, -0.2) is 26.1 Å². The summed E-state index contributed by atoms with van der Waals surface area (Å²) in [6.07, 6.45) is 0.278. The van der Waals surface area contributed by atoms with Gasteiger partial charge in [0, 0.05) is 29.2 Å². The van der Waals surface area contributed by atoms with Crippen LogP contribution in [0.3, 0.4) is 0 Å². The van der Waals surface area contributed by atoms with Crippen LogP contribution in [0.1, 0.15) is 20.3 Å². The summed E-state index contributed by atoms with van der Waals surface area (Å²) in [6.45, 7) is 3.55. The van der Waals surface area contributed by atoms with Crippen molar-refractivity contribution in [2.24, 2.45) is 17.3 Å². The number of carbonyl (C=O) groups excluding carboxylic acids is 2. The molecule has 1 aliphatic rings. The molecule has 0 saturated heterocycles.